The third-order valence-corrected chi connectivity index (χ3v) is 3.75. The van der Waals surface area contributed by atoms with Gasteiger partial charge in [0, 0.05) is 6.54 Å². The van der Waals surface area contributed by atoms with E-state index in [1.54, 1.807) is 5.01 Å². The van der Waals surface area contributed by atoms with Crippen molar-refractivity contribution in [2.45, 2.75) is 18.7 Å². The first-order valence-electron chi connectivity index (χ1n) is 7.45. The molecule has 2 aromatic rings. The summed E-state index contributed by atoms with van der Waals surface area (Å²) in [6.45, 7) is 2.71. The minimum absolute atomic E-state index is 0. The van der Waals surface area contributed by atoms with Crippen molar-refractivity contribution in [3.05, 3.63) is 77.2 Å². The Labute approximate surface area is 159 Å². The zero-order valence-corrected chi connectivity index (χ0v) is 15.8. The predicted octanol–water partition coefficient (Wildman–Crippen LogP) is -0.0524. The molecule has 1 aliphatic rings. The molecule has 1 N–H and O–H groups in total. The van der Waals surface area contributed by atoms with Gasteiger partial charge in [-0.25, -0.2) is 0 Å². The minimum Gasteiger partial charge on any atom is -0.557 e. The molecule has 2 atom stereocenters. The molecule has 1 aliphatic heterocycles. The summed E-state index contributed by atoms with van der Waals surface area (Å²) in [5.41, 5.74) is 5.28. The summed E-state index contributed by atoms with van der Waals surface area (Å²) in [5, 5.41) is 13.2. The van der Waals surface area contributed by atoms with Gasteiger partial charge in [0.05, 0.1) is 17.5 Å². The van der Waals surface area contributed by atoms with Gasteiger partial charge in [0.25, 0.3) is 0 Å². The summed E-state index contributed by atoms with van der Waals surface area (Å²) < 4.78 is 0. The van der Waals surface area contributed by atoms with Crippen LogP contribution < -0.4 is 29.6 Å². The fourth-order valence-corrected chi connectivity index (χ4v) is 2.81. The first-order valence-corrected chi connectivity index (χ1v) is 7.45. The SMILES string of the molecule is CC1CN(C)[N-]C(O)(c2ccccc2)C(c2ccccc2)=N1.[Na+]. The van der Waals surface area contributed by atoms with E-state index in [4.69, 9.17) is 4.99 Å². The van der Waals surface area contributed by atoms with E-state index in [2.05, 4.69) is 5.43 Å². The van der Waals surface area contributed by atoms with Crippen molar-refractivity contribution in [1.82, 2.24) is 5.01 Å². The molecule has 0 bridgehead atoms. The Balaban J connectivity index is 0.00000192. The molecule has 0 fully saturated rings. The van der Waals surface area contributed by atoms with Crippen LogP contribution in [0, 0.1) is 0 Å². The minimum atomic E-state index is -1.47. The quantitative estimate of drug-likeness (QED) is 0.790. The second kappa shape index (κ2) is 7.71. The van der Waals surface area contributed by atoms with Gasteiger partial charge in [-0.1, -0.05) is 60.7 Å². The van der Waals surface area contributed by atoms with E-state index < -0.39 is 5.72 Å². The maximum Gasteiger partial charge on any atom is 1.00 e. The molecule has 0 spiro atoms. The Bertz CT molecular complexity index is 662. The number of hydrogen-bond donors (Lipinski definition) is 1. The van der Waals surface area contributed by atoms with Gasteiger partial charge in [-0.2, -0.15) is 0 Å². The molecule has 0 saturated carbocycles. The van der Waals surface area contributed by atoms with Gasteiger partial charge in [0.15, 0.2) is 0 Å². The first-order chi connectivity index (χ1) is 10.6. The molecular formula is C18H20N3NaO. The maximum atomic E-state index is 11.4. The number of hydrogen-bond acceptors (Lipinski definition) is 3. The van der Waals surface area contributed by atoms with Crippen LogP contribution in [0.15, 0.2) is 65.7 Å². The number of nitrogens with zero attached hydrogens (tertiary/aromatic N) is 3. The molecule has 0 amide bonds. The van der Waals surface area contributed by atoms with Crippen molar-refractivity contribution in [2.24, 2.45) is 4.99 Å². The molecule has 2 aromatic carbocycles. The van der Waals surface area contributed by atoms with Gasteiger partial charge in [-0.3, -0.25) is 4.99 Å². The van der Waals surface area contributed by atoms with E-state index in [1.165, 1.54) is 0 Å². The van der Waals surface area contributed by atoms with E-state index in [0.717, 1.165) is 11.1 Å². The first kappa shape index (κ1) is 18.3. The van der Waals surface area contributed by atoms with Crippen molar-refractivity contribution < 1.29 is 34.7 Å². The summed E-state index contributed by atoms with van der Waals surface area (Å²) >= 11 is 0. The molecule has 1 heterocycles. The fraction of sp³-hybridized carbons (Fsp3) is 0.278. The molecule has 3 rings (SSSR count). The smallest absolute Gasteiger partial charge is 0.557 e. The second-order valence-corrected chi connectivity index (χ2v) is 5.67. The van der Waals surface area contributed by atoms with Gasteiger partial charge >= 0.3 is 29.6 Å². The molecule has 0 radical (unpaired) electrons. The van der Waals surface area contributed by atoms with Gasteiger partial charge in [0.2, 0.25) is 0 Å². The molecule has 0 aromatic heterocycles. The zero-order valence-electron chi connectivity index (χ0n) is 13.8. The van der Waals surface area contributed by atoms with Crippen molar-refractivity contribution in [1.29, 1.82) is 0 Å². The van der Waals surface area contributed by atoms with Crippen molar-refractivity contribution >= 4 is 5.71 Å². The van der Waals surface area contributed by atoms with Crippen LogP contribution in [0.3, 0.4) is 0 Å². The average molecular weight is 317 g/mol. The summed E-state index contributed by atoms with van der Waals surface area (Å²) in [4.78, 5) is 4.76. The van der Waals surface area contributed by atoms with Crippen LogP contribution >= 0.6 is 0 Å². The molecule has 114 valence electrons. The Morgan fingerprint density at radius 2 is 1.65 bits per heavy atom. The van der Waals surface area contributed by atoms with Gasteiger partial charge in [-0.15, -0.1) is 0 Å². The largest absolute Gasteiger partial charge is 1.00 e. The van der Waals surface area contributed by atoms with E-state index in [9.17, 15) is 5.11 Å². The molecule has 5 heteroatoms. The molecule has 2 unspecified atom stereocenters. The summed E-state index contributed by atoms with van der Waals surface area (Å²) in [5.74, 6) is 0. The summed E-state index contributed by atoms with van der Waals surface area (Å²) in [6, 6.07) is 19.3. The molecular weight excluding hydrogens is 297 g/mol. The predicted molar refractivity (Wildman–Crippen MR) is 88.8 cm³/mol. The van der Waals surface area contributed by atoms with Crippen LogP contribution in [0.1, 0.15) is 18.1 Å². The summed E-state index contributed by atoms with van der Waals surface area (Å²) in [7, 11) is 1.87. The van der Waals surface area contributed by atoms with Gasteiger partial charge < -0.3 is 15.5 Å². The Hall–Kier alpha value is -1.01. The number of aliphatic imine (C=N–C) groups is 1. The topological polar surface area (TPSA) is 49.9 Å². The fourth-order valence-electron chi connectivity index (χ4n) is 2.81. The Kier molecular flexibility index (Phi) is 6.14. The third-order valence-electron chi connectivity index (χ3n) is 3.75. The Morgan fingerprint density at radius 1 is 1.09 bits per heavy atom. The van der Waals surface area contributed by atoms with Crippen LogP contribution in [0.2, 0.25) is 0 Å². The normalized spacial score (nSPS) is 25.2. The molecule has 0 saturated heterocycles. The van der Waals surface area contributed by atoms with Crippen molar-refractivity contribution in [3.63, 3.8) is 0 Å². The molecule has 23 heavy (non-hydrogen) atoms. The molecule has 0 aliphatic carbocycles. The number of benzene rings is 2. The van der Waals surface area contributed by atoms with Crippen LogP contribution in [0.5, 0.6) is 0 Å². The van der Waals surface area contributed by atoms with Crippen LogP contribution in [0.4, 0.5) is 0 Å². The van der Waals surface area contributed by atoms with E-state index in [0.29, 0.717) is 12.3 Å². The van der Waals surface area contributed by atoms with Crippen molar-refractivity contribution in [3.8, 4) is 0 Å². The summed E-state index contributed by atoms with van der Waals surface area (Å²) in [6.07, 6.45) is 0. The van der Waals surface area contributed by atoms with Gasteiger partial charge in [0.1, 0.15) is 0 Å². The third kappa shape index (κ3) is 3.91. The van der Waals surface area contributed by atoms with Crippen LogP contribution in [-0.4, -0.2) is 35.5 Å². The number of likely N-dealkylation sites (N-methyl/N-ethyl adjacent to an activating group) is 1. The van der Waals surface area contributed by atoms with E-state index in [1.807, 2.05) is 74.6 Å². The van der Waals surface area contributed by atoms with Crippen LogP contribution in [0.25, 0.3) is 5.43 Å². The van der Waals surface area contributed by atoms with Gasteiger partial charge in [-0.05, 0) is 25.1 Å². The maximum absolute atomic E-state index is 11.4. The number of aliphatic hydroxyl groups is 1. The van der Waals surface area contributed by atoms with E-state index >= 15 is 0 Å². The van der Waals surface area contributed by atoms with E-state index in [-0.39, 0.29) is 35.6 Å². The second-order valence-electron chi connectivity index (χ2n) is 5.67. The zero-order chi connectivity index (χ0) is 15.6. The van der Waals surface area contributed by atoms with Crippen molar-refractivity contribution in [2.75, 3.05) is 13.6 Å². The Morgan fingerprint density at radius 3 is 2.26 bits per heavy atom. The van der Waals surface area contributed by atoms with Crippen LogP contribution in [-0.2, 0) is 5.72 Å². The molecule has 4 nitrogen and oxygen atoms in total. The standard InChI is InChI=1S/C18H20N3O.Na/c1-14-13-21(2)20-18(22,16-11-7-4-8-12-16)17(19-14)15-9-5-3-6-10-15;/h3-12,14,22H,13H2,1-2H3;/q-1;+1. The number of rotatable bonds is 2. The monoisotopic (exact) mass is 317 g/mol. The average Bonchev–Trinajstić information content (AvgIpc) is 2.65.